The van der Waals surface area contributed by atoms with Crippen molar-refractivity contribution in [2.45, 2.75) is 26.7 Å². The lowest BCUT2D eigenvalue weighted by Gasteiger charge is -2.10. The van der Waals surface area contributed by atoms with Gasteiger partial charge in [-0.2, -0.15) is 0 Å². The zero-order valence-corrected chi connectivity index (χ0v) is 10.7. The van der Waals surface area contributed by atoms with Crippen molar-refractivity contribution in [3.8, 4) is 0 Å². The molecular formula is C9H18INO2. The van der Waals surface area contributed by atoms with Crippen LogP contribution < -0.4 is 0 Å². The van der Waals surface area contributed by atoms with Crippen LogP contribution in [0.4, 0.5) is 0 Å². The van der Waals surface area contributed by atoms with E-state index in [1.54, 1.807) is 0 Å². The van der Waals surface area contributed by atoms with Crippen LogP contribution in [0.15, 0.2) is 0 Å². The summed E-state index contributed by atoms with van der Waals surface area (Å²) in [5, 5.41) is 0. The van der Waals surface area contributed by atoms with Crippen molar-refractivity contribution in [3.63, 3.8) is 0 Å². The fraction of sp³-hybridized carbons (Fsp3) is 0.889. The fourth-order valence-corrected chi connectivity index (χ4v) is 1.11. The summed E-state index contributed by atoms with van der Waals surface area (Å²) in [5.74, 6) is -0.0315. The number of esters is 1. The average molecular weight is 299 g/mol. The number of ether oxygens (including phenoxy) is 1. The Balaban J connectivity index is 3.37. The molecule has 0 aromatic heterocycles. The third-order valence-corrected chi connectivity index (χ3v) is 2.35. The Bertz CT molecular complexity index is 151. The molecule has 0 bridgehead atoms. The van der Waals surface area contributed by atoms with Crippen LogP contribution in [-0.2, 0) is 9.53 Å². The molecule has 0 saturated carbocycles. The fourth-order valence-electron chi connectivity index (χ4n) is 0.764. The summed E-state index contributed by atoms with van der Waals surface area (Å²) in [6.07, 6.45) is 1.76. The number of carbonyl (C=O) groups is 1. The summed E-state index contributed by atoms with van der Waals surface area (Å²) in [5.41, 5.74) is 0. The van der Waals surface area contributed by atoms with Crippen molar-refractivity contribution in [1.29, 1.82) is 0 Å². The molecule has 4 heteroatoms. The van der Waals surface area contributed by atoms with Crippen LogP contribution in [0.25, 0.3) is 0 Å². The Morgan fingerprint density at radius 2 is 2.23 bits per heavy atom. The molecule has 0 aliphatic rings. The normalized spacial score (nSPS) is 13.0. The summed E-state index contributed by atoms with van der Waals surface area (Å²) in [6.45, 7) is 5.38. The molecule has 78 valence electrons. The van der Waals surface area contributed by atoms with Gasteiger partial charge in [0.15, 0.2) is 0 Å². The number of halogens is 1. The van der Waals surface area contributed by atoms with E-state index in [0.717, 1.165) is 19.4 Å². The highest BCUT2D eigenvalue weighted by molar-refractivity contribution is 14.1. The van der Waals surface area contributed by atoms with Gasteiger partial charge in [-0.05, 0) is 19.9 Å². The minimum absolute atomic E-state index is 0.0392. The van der Waals surface area contributed by atoms with E-state index in [9.17, 15) is 4.79 Å². The Morgan fingerprint density at radius 1 is 1.62 bits per heavy atom. The molecule has 0 rings (SSSR count). The van der Waals surface area contributed by atoms with E-state index >= 15 is 0 Å². The second kappa shape index (κ2) is 7.55. The van der Waals surface area contributed by atoms with Crippen LogP contribution in [0.1, 0.15) is 26.7 Å². The molecule has 0 aromatic carbocycles. The summed E-state index contributed by atoms with van der Waals surface area (Å²) >= 11 is 2.21. The van der Waals surface area contributed by atoms with Gasteiger partial charge >= 0.3 is 5.97 Å². The third-order valence-electron chi connectivity index (χ3n) is 1.87. The molecule has 13 heavy (non-hydrogen) atoms. The van der Waals surface area contributed by atoms with E-state index < -0.39 is 0 Å². The number of hydrogen-bond donors (Lipinski definition) is 0. The van der Waals surface area contributed by atoms with Crippen LogP contribution in [0.5, 0.6) is 0 Å². The smallest absolute Gasteiger partial charge is 0.308 e. The molecule has 0 aliphatic heterocycles. The van der Waals surface area contributed by atoms with E-state index in [4.69, 9.17) is 4.74 Å². The van der Waals surface area contributed by atoms with E-state index in [2.05, 4.69) is 26.0 Å². The molecule has 3 nitrogen and oxygen atoms in total. The number of hydrogen-bond acceptors (Lipinski definition) is 3. The minimum Gasteiger partial charge on any atom is -0.465 e. The maximum atomic E-state index is 11.2. The standard InChI is InChI=1S/C9H18INO2/c1-4-8(2)9(12)13-7-5-6-11(3)10/h8H,4-7H2,1-3H3. The van der Waals surface area contributed by atoms with Gasteiger partial charge in [0, 0.05) is 29.4 Å². The molecule has 0 N–H and O–H groups in total. The SMILES string of the molecule is CCC(C)C(=O)OCCCN(C)I. The topological polar surface area (TPSA) is 29.5 Å². The first kappa shape index (κ1) is 13.2. The Hall–Kier alpha value is 0.160. The summed E-state index contributed by atoms with van der Waals surface area (Å²) < 4.78 is 7.13. The lowest BCUT2D eigenvalue weighted by atomic mass is 10.1. The minimum atomic E-state index is -0.0707. The van der Waals surface area contributed by atoms with Crippen molar-refractivity contribution in [3.05, 3.63) is 0 Å². The van der Waals surface area contributed by atoms with Gasteiger partial charge in [0.2, 0.25) is 0 Å². The summed E-state index contributed by atoms with van der Waals surface area (Å²) in [4.78, 5) is 11.2. The van der Waals surface area contributed by atoms with Gasteiger partial charge < -0.3 is 4.74 Å². The van der Waals surface area contributed by atoms with Gasteiger partial charge in [0.25, 0.3) is 0 Å². The van der Waals surface area contributed by atoms with Gasteiger partial charge in [0.05, 0.1) is 12.5 Å². The number of carbonyl (C=O) groups excluding carboxylic acids is 1. The summed E-state index contributed by atoms with van der Waals surface area (Å²) in [6, 6.07) is 0. The maximum Gasteiger partial charge on any atom is 0.308 e. The zero-order chi connectivity index (χ0) is 10.3. The van der Waals surface area contributed by atoms with Crippen molar-refractivity contribution in [2.24, 2.45) is 5.92 Å². The van der Waals surface area contributed by atoms with Crippen molar-refractivity contribution >= 4 is 28.8 Å². The highest BCUT2D eigenvalue weighted by Gasteiger charge is 2.10. The van der Waals surface area contributed by atoms with Gasteiger partial charge in [-0.15, -0.1) is 0 Å². The Labute approximate surface area is 94.3 Å². The van der Waals surface area contributed by atoms with Crippen LogP contribution in [-0.4, -0.2) is 29.3 Å². The first-order valence-electron chi connectivity index (χ1n) is 4.61. The lowest BCUT2D eigenvalue weighted by Crippen LogP contribution is -2.16. The highest BCUT2D eigenvalue weighted by atomic mass is 127. The van der Waals surface area contributed by atoms with Crippen LogP contribution in [0.3, 0.4) is 0 Å². The van der Waals surface area contributed by atoms with Gasteiger partial charge in [-0.1, -0.05) is 13.8 Å². The molecule has 1 unspecified atom stereocenters. The molecule has 0 saturated heterocycles. The molecule has 0 fully saturated rings. The molecule has 0 radical (unpaired) electrons. The third kappa shape index (κ3) is 7.25. The predicted molar refractivity (Wildman–Crippen MR) is 61.7 cm³/mol. The highest BCUT2D eigenvalue weighted by Crippen LogP contribution is 2.03. The maximum absolute atomic E-state index is 11.2. The Morgan fingerprint density at radius 3 is 2.69 bits per heavy atom. The number of nitrogens with zero attached hydrogens (tertiary/aromatic N) is 1. The van der Waals surface area contributed by atoms with Gasteiger partial charge in [-0.3, -0.25) is 7.91 Å². The lowest BCUT2D eigenvalue weighted by molar-refractivity contribution is -0.148. The van der Waals surface area contributed by atoms with Crippen molar-refractivity contribution in [2.75, 3.05) is 20.2 Å². The van der Waals surface area contributed by atoms with E-state index in [0.29, 0.717) is 6.61 Å². The molecule has 0 aliphatic carbocycles. The summed E-state index contributed by atoms with van der Waals surface area (Å²) in [7, 11) is 2.00. The molecular weight excluding hydrogens is 281 g/mol. The zero-order valence-electron chi connectivity index (χ0n) is 8.55. The molecule has 1 atom stereocenters. The van der Waals surface area contributed by atoms with Crippen LogP contribution >= 0.6 is 22.9 Å². The van der Waals surface area contributed by atoms with Crippen LogP contribution in [0.2, 0.25) is 0 Å². The van der Waals surface area contributed by atoms with Crippen molar-refractivity contribution in [1.82, 2.24) is 3.11 Å². The molecule has 0 heterocycles. The first-order valence-corrected chi connectivity index (χ1v) is 5.58. The first-order chi connectivity index (χ1) is 6.07. The van der Waals surface area contributed by atoms with Gasteiger partial charge in [-0.25, -0.2) is 0 Å². The average Bonchev–Trinajstić information content (AvgIpc) is 2.10. The van der Waals surface area contributed by atoms with Gasteiger partial charge in [0.1, 0.15) is 0 Å². The van der Waals surface area contributed by atoms with Crippen LogP contribution in [0, 0.1) is 5.92 Å². The molecule has 0 spiro atoms. The van der Waals surface area contributed by atoms with E-state index in [1.807, 2.05) is 20.9 Å². The quantitative estimate of drug-likeness (QED) is 0.326. The molecule has 0 aromatic rings. The second-order valence-corrected chi connectivity index (χ2v) is 4.81. The largest absolute Gasteiger partial charge is 0.465 e. The predicted octanol–water partition coefficient (Wildman–Crippen LogP) is 2.25. The Kier molecular flexibility index (Phi) is 7.65. The van der Waals surface area contributed by atoms with Crippen molar-refractivity contribution < 1.29 is 9.53 Å². The second-order valence-electron chi connectivity index (χ2n) is 3.16. The number of rotatable bonds is 6. The monoisotopic (exact) mass is 299 g/mol. The molecule has 0 amide bonds. The van der Waals surface area contributed by atoms with E-state index in [1.165, 1.54) is 0 Å². The van der Waals surface area contributed by atoms with E-state index in [-0.39, 0.29) is 11.9 Å².